The fourth-order valence-electron chi connectivity index (χ4n) is 1.36. The van der Waals surface area contributed by atoms with E-state index in [4.69, 9.17) is 0 Å². The van der Waals surface area contributed by atoms with Crippen molar-refractivity contribution in [1.82, 2.24) is 0 Å². The molecule has 0 fully saturated rings. The second-order valence-electron chi connectivity index (χ2n) is 3.20. The molecule has 6 nitrogen and oxygen atoms in total. The number of aryl methyl sites for hydroxylation is 1. The Kier molecular flexibility index (Phi) is 4.39. The maximum Gasteiger partial charge on any atom is 0.293 e. The van der Waals surface area contributed by atoms with Gasteiger partial charge in [0.05, 0.1) is 4.92 Å². The Balaban J connectivity index is 3.10. The van der Waals surface area contributed by atoms with E-state index in [9.17, 15) is 18.9 Å². The number of rotatable bonds is 5. The van der Waals surface area contributed by atoms with Crippen molar-refractivity contribution in [2.75, 3.05) is 4.72 Å². The summed E-state index contributed by atoms with van der Waals surface area (Å²) in [6.45, 7) is 1.97. The zero-order chi connectivity index (χ0) is 12.1. The molecule has 1 aromatic rings. The molecule has 88 valence electrons. The van der Waals surface area contributed by atoms with Gasteiger partial charge >= 0.3 is 0 Å². The summed E-state index contributed by atoms with van der Waals surface area (Å²) in [5.41, 5.74) is 0.620. The molecule has 0 bridgehead atoms. The van der Waals surface area contributed by atoms with Crippen molar-refractivity contribution < 1.29 is 13.7 Å². The average molecular weight is 243 g/mol. The lowest BCUT2D eigenvalue weighted by Crippen LogP contribution is -2.05. The predicted molar refractivity (Wildman–Crippen MR) is 59.6 cm³/mol. The first-order chi connectivity index (χ1) is 7.54. The van der Waals surface area contributed by atoms with E-state index in [-0.39, 0.29) is 11.4 Å². The first-order valence-corrected chi connectivity index (χ1v) is 5.75. The highest BCUT2D eigenvalue weighted by molar-refractivity contribution is 7.80. The molecular formula is C9H11N2O4S-. The zero-order valence-corrected chi connectivity index (χ0v) is 9.45. The predicted octanol–water partition coefficient (Wildman–Crippen LogP) is 1.75. The van der Waals surface area contributed by atoms with Gasteiger partial charge in [0.15, 0.2) is 0 Å². The van der Waals surface area contributed by atoms with Gasteiger partial charge in [-0.1, -0.05) is 19.4 Å². The Labute approximate surface area is 95.2 Å². The Morgan fingerprint density at radius 3 is 2.69 bits per heavy atom. The molecule has 1 aromatic carbocycles. The maximum atomic E-state index is 10.6. The average Bonchev–Trinajstić information content (AvgIpc) is 2.16. The van der Waals surface area contributed by atoms with E-state index in [2.05, 4.69) is 0 Å². The van der Waals surface area contributed by atoms with E-state index in [0.717, 1.165) is 18.4 Å². The molecule has 0 radical (unpaired) electrons. The molecular weight excluding hydrogens is 232 g/mol. The van der Waals surface area contributed by atoms with Crippen LogP contribution in [0.25, 0.3) is 0 Å². The lowest BCUT2D eigenvalue weighted by atomic mass is 10.1. The van der Waals surface area contributed by atoms with Crippen LogP contribution in [-0.4, -0.2) is 13.7 Å². The molecule has 1 unspecified atom stereocenters. The molecule has 1 rings (SSSR count). The van der Waals surface area contributed by atoms with Crippen molar-refractivity contribution in [3.63, 3.8) is 0 Å². The van der Waals surface area contributed by atoms with Gasteiger partial charge in [-0.15, -0.1) is 0 Å². The molecule has 0 aliphatic carbocycles. The number of nitrogens with one attached hydrogen (secondary N) is 1. The number of nitrogens with zero attached hydrogens (tertiary/aromatic N) is 1. The minimum absolute atomic E-state index is 0.00397. The molecule has 0 saturated carbocycles. The minimum atomic E-state index is -2.56. The van der Waals surface area contributed by atoms with Crippen molar-refractivity contribution in [2.45, 2.75) is 19.8 Å². The molecule has 16 heavy (non-hydrogen) atoms. The van der Waals surface area contributed by atoms with Crippen LogP contribution in [0.2, 0.25) is 0 Å². The number of hydrogen-bond acceptors (Lipinski definition) is 4. The topological polar surface area (TPSA) is 95.3 Å². The molecule has 7 heteroatoms. The lowest BCUT2D eigenvalue weighted by Gasteiger charge is -2.10. The van der Waals surface area contributed by atoms with Gasteiger partial charge < -0.3 is 9.27 Å². The van der Waals surface area contributed by atoms with Gasteiger partial charge in [0, 0.05) is 17.3 Å². The van der Waals surface area contributed by atoms with Crippen LogP contribution in [0, 0.1) is 10.1 Å². The standard InChI is InChI=1S/C9H12N2O4S/c1-2-3-7-4-5-9(11(12)13)8(6-7)10-16(14)15/h4-6,10H,2-3H2,1H3,(H,14,15)/p-1. The molecule has 1 atom stereocenters. The van der Waals surface area contributed by atoms with Gasteiger partial charge in [0.2, 0.25) is 0 Å². The van der Waals surface area contributed by atoms with Crippen LogP contribution >= 0.6 is 0 Å². The highest BCUT2D eigenvalue weighted by atomic mass is 32.2. The molecule has 0 heterocycles. The second kappa shape index (κ2) is 5.57. The molecule has 0 spiro atoms. The summed E-state index contributed by atoms with van der Waals surface area (Å²) in [5.74, 6) is 0. The van der Waals surface area contributed by atoms with Gasteiger partial charge in [0.25, 0.3) is 5.69 Å². The van der Waals surface area contributed by atoms with Crippen LogP contribution in [0.3, 0.4) is 0 Å². The quantitative estimate of drug-likeness (QED) is 0.484. The first-order valence-electron chi connectivity index (χ1n) is 4.67. The first kappa shape index (κ1) is 12.6. The summed E-state index contributed by atoms with van der Waals surface area (Å²) in [7, 11) is 0. The van der Waals surface area contributed by atoms with E-state index < -0.39 is 16.2 Å². The number of benzene rings is 1. The molecule has 1 N–H and O–H groups in total. The van der Waals surface area contributed by atoms with Crippen molar-refractivity contribution in [3.05, 3.63) is 33.9 Å². The molecule has 0 amide bonds. The second-order valence-corrected chi connectivity index (χ2v) is 3.87. The maximum absolute atomic E-state index is 10.6. The summed E-state index contributed by atoms with van der Waals surface area (Å²) in [6, 6.07) is 4.41. The third kappa shape index (κ3) is 3.28. The highest BCUT2D eigenvalue weighted by Crippen LogP contribution is 2.26. The van der Waals surface area contributed by atoms with Crippen LogP contribution in [0.15, 0.2) is 18.2 Å². The largest absolute Gasteiger partial charge is 0.755 e. The number of hydrogen-bond donors (Lipinski definition) is 1. The number of anilines is 1. The fourth-order valence-corrected chi connectivity index (χ4v) is 1.70. The Bertz CT molecular complexity index is 422. The Morgan fingerprint density at radius 2 is 2.19 bits per heavy atom. The Morgan fingerprint density at radius 1 is 1.50 bits per heavy atom. The van der Waals surface area contributed by atoms with E-state index in [1.54, 1.807) is 6.07 Å². The van der Waals surface area contributed by atoms with E-state index in [1.165, 1.54) is 12.1 Å². The van der Waals surface area contributed by atoms with Gasteiger partial charge in [-0.2, -0.15) is 0 Å². The monoisotopic (exact) mass is 243 g/mol. The number of nitro benzene ring substituents is 1. The molecule has 0 saturated heterocycles. The smallest absolute Gasteiger partial charge is 0.293 e. The molecule has 0 aliphatic heterocycles. The normalized spacial score (nSPS) is 12.1. The molecule has 0 aromatic heterocycles. The SMILES string of the molecule is CCCc1ccc([N+](=O)[O-])c(NS(=O)[O-])c1. The van der Waals surface area contributed by atoms with Crippen LogP contribution in [0.1, 0.15) is 18.9 Å². The van der Waals surface area contributed by atoms with Crippen LogP contribution in [-0.2, 0) is 17.7 Å². The third-order valence-corrected chi connectivity index (χ3v) is 2.38. The lowest BCUT2D eigenvalue weighted by molar-refractivity contribution is -0.383. The van der Waals surface area contributed by atoms with Gasteiger partial charge in [-0.05, 0) is 18.1 Å². The van der Waals surface area contributed by atoms with Gasteiger partial charge in [-0.25, -0.2) is 0 Å². The zero-order valence-electron chi connectivity index (χ0n) is 8.63. The van der Waals surface area contributed by atoms with Crippen LogP contribution in [0.5, 0.6) is 0 Å². The van der Waals surface area contributed by atoms with Crippen molar-refractivity contribution in [3.8, 4) is 0 Å². The van der Waals surface area contributed by atoms with E-state index >= 15 is 0 Å². The summed E-state index contributed by atoms with van der Waals surface area (Å²) in [6.07, 6.45) is 1.63. The van der Waals surface area contributed by atoms with Crippen molar-refractivity contribution in [1.29, 1.82) is 0 Å². The minimum Gasteiger partial charge on any atom is -0.755 e. The number of nitro groups is 1. The van der Waals surface area contributed by atoms with Gasteiger partial charge in [-0.3, -0.25) is 14.3 Å². The van der Waals surface area contributed by atoms with Crippen LogP contribution < -0.4 is 4.72 Å². The summed E-state index contributed by atoms with van der Waals surface area (Å²) < 4.78 is 23.0. The Hall–Kier alpha value is -1.47. The summed E-state index contributed by atoms with van der Waals surface area (Å²) in [5, 5.41) is 10.6. The van der Waals surface area contributed by atoms with Crippen molar-refractivity contribution in [2.24, 2.45) is 0 Å². The molecule has 0 aliphatic rings. The van der Waals surface area contributed by atoms with E-state index in [1.807, 2.05) is 11.6 Å². The van der Waals surface area contributed by atoms with E-state index in [0.29, 0.717) is 0 Å². The third-order valence-electron chi connectivity index (χ3n) is 1.99. The van der Waals surface area contributed by atoms with Crippen LogP contribution in [0.4, 0.5) is 11.4 Å². The summed E-state index contributed by atoms with van der Waals surface area (Å²) in [4.78, 5) is 10.0. The fraction of sp³-hybridized carbons (Fsp3) is 0.333. The van der Waals surface area contributed by atoms with Crippen molar-refractivity contribution >= 4 is 22.6 Å². The highest BCUT2D eigenvalue weighted by Gasteiger charge is 2.13. The summed E-state index contributed by atoms with van der Waals surface area (Å²) >= 11 is -2.56. The van der Waals surface area contributed by atoms with Gasteiger partial charge in [0.1, 0.15) is 5.69 Å².